The fourth-order valence-corrected chi connectivity index (χ4v) is 1.93. The van der Waals surface area contributed by atoms with Gasteiger partial charge in [-0.05, 0) is 35.0 Å². The predicted octanol–water partition coefficient (Wildman–Crippen LogP) is 3.16. The Kier molecular flexibility index (Phi) is 4.06. The number of hydrogen-bond acceptors (Lipinski definition) is 3. The van der Waals surface area contributed by atoms with Crippen LogP contribution < -0.4 is 5.56 Å². The van der Waals surface area contributed by atoms with E-state index in [0.717, 1.165) is 5.56 Å². The van der Waals surface area contributed by atoms with Gasteiger partial charge in [-0.15, -0.1) is 0 Å². The van der Waals surface area contributed by atoms with E-state index in [1.807, 2.05) is 19.1 Å². The van der Waals surface area contributed by atoms with Crippen molar-refractivity contribution in [1.82, 2.24) is 14.5 Å². The zero-order chi connectivity index (χ0) is 13.8. The molecule has 0 saturated heterocycles. The van der Waals surface area contributed by atoms with Crippen LogP contribution >= 0.6 is 15.9 Å². The van der Waals surface area contributed by atoms with E-state index in [1.54, 1.807) is 24.7 Å². The summed E-state index contributed by atoms with van der Waals surface area (Å²) < 4.78 is 2.00. The number of halogens is 1. The summed E-state index contributed by atoms with van der Waals surface area (Å²) in [6, 6.07) is 5.11. The second-order valence-electron chi connectivity index (χ2n) is 3.80. The maximum Gasteiger partial charge on any atom is 0.258 e. The molecule has 0 saturated carbocycles. The third-order valence-corrected chi connectivity index (χ3v) is 2.82. The van der Waals surface area contributed by atoms with Crippen molar-refractivity contribution >= 4 is 26.6 Å². The van der Waals surface area contributed by atoms with Gasteiger partial charge in [-0.2, -0.15) is 0 Å². The standard InChI is InChI=1S/C14H12BrN3O/c1-3-8-18-13(19)9-12(17-14(18)10(2)15)11-4-6-16-7-5-11/h3-9H,2H2,1H3/b8-3+. The van der Waals surface area contributed by atoms with Gasteiger partial charge >= 0.3 is 0 Å². The molecule has 2 rings (SSSR count). The molecule has 0 bridgehead atoms. The molecule has 0 aliphatic heterocycles. The van der Waals surface area contributed by atoms with Gasteiger partial charge in [0.2, 0.25) is 0 Å². The molecule has 0 radical (unpaired) electrons. The van der Waals surface area contributed by atoms with Gasteiger partial charge in [0, 0.05) is 30.2 Å². The summed E-state index contributed by atoms with van der Waals surface area (Å²) in [6.45, 7) is 5.63. The molecule has 0 spiro atoms. The summed E-state index contributed by atoms with van der Waals surface area (Å²) >= 11 is 3.28. The van der Waals surface area contributed by atoms with Gasteiger partial charge in [0.25, 0.3) is 5.56 Å². The van der Waals surface area contributed by atoms with Crippen LogP contribution in [0.5, 0.6) is 0 Å². The van der Waals surface area contributed by atoms with Crippen LogP contribution in [-0.2, 0) is 0 Å². The Labute approximate surface area is 119 Å². The van der Waals surface area contributed by atoms with Crippen molar-refractivity contribution in [3.8, 4) is 11.3 Å². The lowest BCUT2D eigenvalue weighted by Crippen LogP contribution is -2.19. The van der Waals surface area contributed by atoms with Gasteiger partial charge in [-0.3, -0.25) is 14.3 Å². The number of aromatic nitrogens is 3. The van der Waals surface area contributed by atoms with Crippen LogP contribution in [0, 0.1) is 0 Å². The summed E-state index contributed by atoms with van der Waals surface area (Å²) in [6.07, 6.45) is 6.76. The first-order chi connectivity index (χ1) is 9.13. The number of nitrogens with zero attached hydrogens (tertiary/aromatic N) is 3. The average molecular weight is 318 g/mol. The Balaban J connectivity index is 2.68. The maximum atomic E-state index is 12.1. The quantitative estimate of drug-likeness (QED) is 0.873. The third kappa shape index (κ3) is 2.88. The zero-order valence-electron chi connectivity index (χ0n) is 10.4. The summed E-state index contributed by atoms with van der Waals surface area (Å²) in [5.74, 6) is 0.484. The number of allylic oxidation sites excluding steroid dienone is 1. The van der Waals surface area contributed by atoms with Crippen LogP contribution in [-0.4, -0.2) is 14.5 Å². The first kappa shape index (κ1) is 13.4. The summed E-state index contributed by atoms with van der Waals surface area (Å²) in [4.78, 5) is 20.5. The molecule has 0 fully saturated rings. The highest BCUT2D eigenvalue weighted by Gasteiger charge is 2.09. The van der Waals surface area contributed by atoms with Gasteiger partial charge in [-0.1, -0.05) is 12.7 Å². The van der Waals surface area contributed by atoms with Crippen molar-refractivity contribution in [1.29, 1.82) is 0 Å². The van der Waals surface area contributed by atoms with E-state index < -0.39 is 0 Å². The Morgan fingerprint density at radius 1 is 1.42 bits per heavy atom. The van der Waals surface area contributed by atoms with Crippen LogP contribution in [0.1, 0.15) is 12.7 Å². The number of rotatable bonds is 3. The highest BCUT2D eigenvalue weighted by molar-refractivity contribution is 9.15. The Morgan fingerprint density at radius 3 is 2.68 bits per heavy atom. The van der Waals surface area contributed by atoms with Crippen molar-refractivity contribution in [2.75, 3.05) is 0 Å². The smallest absolute Gasteiger partial charge is 0.258 e. The van der Waals surface area contributed by atoms with Crippen molar-refractivity contribution in [3.05, 3.63) is 59.4 Å². The molecule has 2 aromatic rings. The van der Waals surface area contributed by atoms with Crippen molar-refractivity contribution in [2.45, 2.75) is 6.92 Å². The molecule has 0 unspecified atom stereocenters. The molecule has 0 N–H and O–H groups in total. The van der Waals surface area contributed by atoms with Gasteiger partial charge in [0.1, 0.15) is 0 Å². The molecule has 0 amide bonds. The molecule has 19 heavy (non-hydrogen) atoms. The van der Waals surface area contributed by atoms with E-state index in [9.17, 15) is 4.79 Å². The van der Waals surface area contributed by atoms with Crippen molar-refractivity contribution in [2.24, 2.45) is 0 Å². The second-order valence-corrected chi connectivity index (χ2v) is 4.75. The molecule has 0 atom stereocenters. The topological polar surface area (TPSA) is 47.8 Å². The minimum atomic E-state index is -0.157. The first-order valence-corrected chi connectivity index (χ1v) is 6.44. The van der Waals surface area contributed by atoms with Crippen LogP contribution in [0.4, 0.5) is 0 Å². The fraction of sp³-hybridized carbons (Fsp3) is 0.0714. The molecule has 2 aromatic heterocycles. The van der Waals surface area contributed by atoms with Crippen LogP contribution in [0.3, 0.4) is 0 Å². The lowest BCUT2D eigenvalue weighted by Gasteiger charge is -2.09. The Morgan fingerprint density at radius 2 is 2.11 bits per heavy atom. The number of hydrogen-bond donors (Lipinski definition) is 0. The molecule has 0 aliphatic rings. The normalized spacial score (nSPS) is 10.8. The largest absolute Gasteiger partial charge is 0.269 e. The highest BCUT2D eigenvalue weighted by Crippen LogP contribution is 2.20. The van der Waals surface area contributed by atoms with Gasteiger partial charge < -0.3 is 0 Å². The van der Waals surface area contributed by atoms with E-state index in [2.05, 4.69) is 32.5 Å². The average Bonchev–Trinajstić information content (AvgIpc) is 2.41. The molecular formula is C14H12BrN3O. The van der Waals surface area contributed by atoms with Gasteiger partial charge in [0.05, 0.1) is 10.2 Å². The highest BCUT2D eigenvalue weighted by atomic mass is 79.9. The summed E-state index contributed by atoms with van der Waals surface area (Å²) in [7, 11) is 0. The van der Waals surface area contributed by atoms with Gasteiger partial charge in [0.15, 0.2) is 5.82 Å². The van der Waals surface area contributed by atoms with E-state index in [1.165, 1.54) is 10.6 Å². The van der Waals surface area contributed by atoms with Crippen LogP contribution in [0.15, 0.2) is 48.0 Å². The molecule has 5 heteroatoms. The summed E-state index contributed by atoms with van der Waals surface area (Å²) in [5.41, 5.74) is 1.29. The van der Waals surface area contributed by atoms with Crippen molar-refractivity contribution in [3.63, 3.8) is 0 Å². The third-order valence-electron chi connectivity index (χ3n) is 2.47. The first-order valence-electron chi connectivity index (χ1n) is 5.65. The molecule has 96 valence electrons. The Bertz CT molecular complexity index is 690. The molecule has 0 aliphatic carbocycles. The lowest BCUT2D eigenvalue weighted by molar-refractivity contribution is 0.967. The van der Waals surface area contributed by atoms with Gasteiger partial charge in [-0.25, -0.2) is 4.98 Å². The van der Waals surface area contributed by atoms with E-state index in [0.29, 0.717) is 16.0 Å². The second kappa shape index (κ2) is 5.75. The minimum absolute atomic E-state index is 0.157. The SMILES string of the molecule is C=C(Br)c1nc(-c2ccncc2)cc(=O)n1/C=C/C. The lowest BCUT2D eigenvalue weighted by atomic mass is 10.2. The van der Waals surface area contributed by atoms with E-state index in [4.69, 9.17) is 0 Å². The number of pyridine rings is 1. The molecule has 0 aromatic carbocycles. The molecule has 2 heterocycles. The Hall–Kier alpha value is -2.01. The molecule has 4 nitrogen and oxygen atoms in total. The van der Waals surface area contributed by atoms with Crippen LogP contribution in [0.2, 0.25) is 0 Å². The van der Waals surface area contributed by atoms with Crippen LogP contribution in [0.25, 0.3) is 21.9 Å². The summed E-state index contributed by atoms with van der Waals surface area (Å²) in [5, 5.41) is 0. The zero-order valence-corrected chi connectivity index (χ0v) is 12.0. The predicted molar refractivity (Wildman–Crippen MR) is 80.7 cm³/mol. The fourth-order valence-electron chi connectivity index (χ4n) is 1.65. The van der Waals surface area contributed by atoms with E-state index in [-0.39, 0.29) is 5.56 Å². The minimum Gasteiger partial charge on any atom is -0.269 e. The monoisotopic (exact) mass is 317 g/mol. The van der Waals surface area contributed by atoms with Crippen molar-refractivity contribution < 1.29 is 0 Å². The maximum absolute atomic E-state index is 12.1. The molecular weight excluding hydrogens is 306 g/mol. The van der Waals surface area contributed by atoms with E-state index >= 15 is 0 Å².